The molecule has 2 aromatic rings. The summed E-state index contributed by atoms with van der Waals surface area (Å²) in [6, 6.07) is 7.83. The highest BCUT2D eigenvalue weighted by Crippen LogP contribution is 2.28. The molecule has 5 heteroatoms. The molecule has 0 spiro atoms. The van der Waals surface area contributed by atoms with Crippen molar-refractivity contribution >= 4 is 21.7 Å². The number of hydrogen-bond acceptors (Lipinski definition) is 4. The molecule has 0 unspecified atom stereocenters. The van der Waals surface area contributed by atoms with Crippen molar-refractivity contribution in [3.63, 3.8) is 0 Å². The fourth-order valence-electron chi connectivity index (χ4n) is 1.83. The highest BCUT2D eigenvalue weighted by molar-refractivity contribution is 9.10. The van der Waals surface area contributed by atoms with Crippen molar-refractivity contribution in [3.05, 3.63) is 34.4 Å². The zero-order valence-corrected chi connectivity index (χ0v) is 13.7. The fraction of sp³-hybridized carbons (Fsp3) is 0.333. The quantitative estimate of drug-likeness (QED) is 0.915. The number of aryl methyl sites for hydroxylation is 1. The molecule has 0 aliphatic heterocycles. The second-order valence-electron chi connectivity index (χ2n) is 4.74. The van der Waals surface area contributed by atoms with Crippen LogP contribution in [0, 0.1) is 6.92 Å². The van der Waals surface area contributed by atoms with Gasteiger partial charge in [0.05, 0.1) is 16.3 Å². The summed E-state index contributed by atoms with van der Waals surface area (Å²) in [7, 11) is 1.84. The molecular formula is C15H18BrN3O. The molecule has 0 fully saturated rings. The standard InChI is InChI=1S/C15H18BrN3O/c1-9(2)20-12-7-5-6-11(8-12)14-18-10(3)13(16)15(17-4)19-14/h5-9H,1-4H3,(H,17,18,19). The number of nitrogens with one attached hydrogen (secondary N) is 1. The van der Waals surface area contributed by atoms with Gasteiger partial charge in [-0.15, -0.1) is 0 Å². The third kappa shape index (κ3) is 3.28. The maximum atomic E-state index is 5.71. The van der Waals surface area contributed by atoms with Crippen molar-refractivity contribution in [1.82, 2.24) is 9.97 Å². The highest BCUT2D eigenvalue weighted by atomic mass is 79.9. The van der Waals surface area contributed by atoms with Gasteiger partial charge in [0.25, 0.3) is 0 Å². The van der Waals surface area contributed by atoms with Crippen LogP contribution >= 0.6 is 15.9 Å². The Morgan fingerprint density at radius 1 is 1.25 bits per heavy atom. The lowest BCUT2D eigenvalue weighted by atomic mass is 10.2. The predicted molar refractivity (Wildman–Crippen MR) is 85.2 cm³/mol. The molecule has 0 bridgehead atoms. The van der Waals surface area contributed by atoms with Gasteiger partial charge in [0, 0.05) is 12.6 Å². The van der Waals surface area contributed by atoms with E-state index in [0.29, 0.717) is 5.82 Å². The van der Waals surface area contributed by atoms with Crippen LogP contribution in [0.25, 0.3) is 11.4 Å². The van der Waals surface area contributed by atoms with Gasteiger partial charge in [0.15, 0.2) is 5.82 Å². The Balaban J connectivity index is 2.43. The number of aromatic nitrogens is 2. The predicted octanol–water partition coefficient (Wildman–Crippen LogP) is 4.04. The highest BCUT2D eigenvalue weighted by Gasteiger charge is 2.10. The first-order valence-corrected chi connectivity index (χ1v) is 7.29. The Labute approximate surface area is 127 Å². The van der Waals surface area contributed by atoms with E-state index in [2.05, 4.69) is 31.2 Å². The van der Waals surface area contributed by atoms with Gasteiger partial charge in [-0.2, -0.15) is 0 Å². The molecule has 0 atom stereocenters. The van der Waals surface area contributed by atoms with E-state index in [1.165, 1.54) is 0 Å². The number of benzene rings is 1. The fourth-order valence-corrected chi connectivity index (χ4v) is 2.21. The first kappa shape index (κ1) is 14.8. The number of hydrogen-bond donors (Lipinski definition) is 1. The molecule has 0 amide bonds. The van der Waals surface area contributed by atoms with Crippen molar-refractivity contribution < 1.29 is 4.74 Å². The summed E-state index contributed by atoms with van der Waals surface area (Å²) in [6.07, 6.45) is 0.144. The smallest absolute Gasteiger partial charge is 0.161 e. The second-order valence-corrected chi connectivity index (χ2v) is 5.53. The van der Waals surface area contributed by atoms with E-state index in [-0.39, 0.29) is 6.10 Å². The monoisotopic (exact) mass is 335 g/mol. The van der Waals surface area contributed by atoms with Crippen molar-refractivity contribution in [2.24, 2.45) is 0 Å². The van der Waals surface area contributed by atoms with Crippen LogP contribution in [-0.4, -0.2) is 23.1 Å². The van der Waals surface area contributed by atoms with Crippen LogP contribution in [0.15, 0.2) is 28.7 Å². The number of anilines is 1. The molecule has 0 saturated carbocycles. The summed E-state index contributed by atoms with van der Waals surface area (Å²) in [4.78, 5) is 9.04. The summed E-state index contributed by atoms with van der Waals surface area (Å²) in [5.74, 6) is 2.29. The number of nitrogens with zero attached hydrogens (tertiary/aromatic N) is 2. The zero-order valence-electron chi connectivity index (χ0n) is 12.1. The molecule has 1 N–H and O–H groups in total. The number of halogens is 1. The molecule has 106 valence electrons. The number of ether oxygens (including phenoxy) is 1. The van der Waals surface area contributed by atoms with Gasteiger partial charge in [-0.1, -0.05) is 12.1 Å². The molecule has 0 aliphatic rings. The third-order valence-corrected chi connectivity index (χ3v) is 3.67. The zero-order chi connectivity index (χ0) is 14.7. The van der Waals surface area contributed by atoms with Gasteiger partial charge in [-0.05, 0) is 48.8 Å². The van der Waals surface area contributed by atoms with Gasteiger partial charge in [0.2, 0.25) is 0 Å². The summed E-state index contributed by atoms with van der Waals surface area (Å²) >= 11 is 3.48. The number of rotatable bonds is 4. The Morgan fingerprint density at radius 2 is 2.00 bits per heavy atom. The van der Waals surface area contributed by atoms with Gasteiger partial charge in [-0.3, -0.25) is 0 Å². The summed E-state index contributed by atoms with van der Waals surface area (Å²) in [5, 5.41) is 3.06. The lowest BCUT2D eigenvalue weighted by Gasteiger charge is -2.12. The molecule has 0 radical (unpaired) electrons. The second kappa shape index (κ2) is 6.22. The minimum absolute atomic E-state index is 0.144. The minimum Gasteiger partial charge on any atom is -0.491 e. The average Bonchev–Trinajstić information content (AvgIpc) is 2.41. The Hall–Kier alpha value is -1.62. The molecule has 1 aromatic heterocycles. The van der Waals surface area contributed by atoms with Gasteiger partial charge >= 0.3 is 0 Å². The molecular weight excluding hydrogens is 318 g/mol. The van der Waals surface area contributed by atoms with Crippen LogP contribution in [0.3, 0.4) is 0 Å². The summed E-state index contributed by atoms with van der Waals surface area (Å²) in [5.41, 5.74) is 1.84. The van der Waals surface area contributed by atoms with E-state index < -0.39 is 0 Å². The normalized spacial score (nSPS) is 10.7. The molecule has 20 heavy (non-hydrogen) atoms. The topological polar surface area (TPSA) is 47.0 Å². The van der Waals surface area contributed by atoms with Crippen LogP contribution in [0.2, 0.25) is 0 Å². The van der Waals surface area contributed by atoms with E-state index in [1.807, 2.05) is 52.1 Å². The van der Waals surface area contributed by atoms with E-state index in [9.17, 15) is 0 Å². The van der Waals surface area contributed by atoms with Gasteiger partial charge in [-0.25, -0.2) is 9.97 Å². The van der Waals surface area contributed by atoms with Crippen molar-refractivity contribution in [3.8, 4) is 17.1 Å². The maximum absolute atomic E-state index is 5.71. The van der Waals surface area contributed by atoms with E-state index in [1.54, 1.807) is 0 Å². The third-order valence-electron chi connectivity index (χ3n) is 2.72. The Kier molecular flexibility index (Phi) is 4.60. The molecule has 4 nitrogen and oxygen atoms in total. The maximum Gasteiger partial charge on any atom is 0.161 e. The first-order valence-electron chi connectivity index (χ1n) is 6.50. The SMILES string of the molecule is CNc1nc(-c2cccc(OC(C)C)c2)nc(C)c1Br. The lowest BCUT2D eigenvalue weighted by molar-refractivity contribution is 0.242. The van der Waals surface area contributed by atoms with Crippen LogP contribution < -0.4 is 10.1 Å². The lowest BCUT2D eigenvalue weighted by Crippen LogP contribution is -2.05. The van der Waals surface area contributed by atoms with E-state index >= 15 is 0 Å². The van der Waals surface area contributed by atoms with Crippen LogP contribution in [-0.2, 0) is 0 Å². The first-order chi connectivity index (χ1) is 9.51. The minimum atomic E-state index is 0.144. The summed E-state index contributed by atoms with van der Waals surface area (Å²) < 4.78 is 6.59. The summed E-state index contributed by atoms with van der Waals surface area (Å²) in [6.45, 7) is 5.96. The average molecular weight is 336 g/mol. The van der Waals surface area contributed by atoms with E-state index in [4.69, 9.17) is 4.74 Å². The Morgan fingerprint density at radius 3 is 2.65 bits per heavy atom. The van der Waals surface area contributed by atoms with Gasteiger partial charge in [0.1, 0.15) is 11.6 Å². The largest absolute Gasteiger partial charge is 0.491 e. The van der Waals surface area contributed by atoms with Crippen molar-refractivity contribution in [1.29, 1.82) is 0 Å². The van der Waals surface area contributed by atoms with Crippen LogP contribution in [0.4, 0.5) is 5.82 Å². The molecule has 0 aliphatic carbocycles. The molecule has 2 rings (SSSR count). The van der Waals surface area contributed by atoms with Crippen LogP contribution in [0.5, 0.6) is 5.75 Å². The molecule has 1 heterocycles. The Bertz CT molecular complexity index is 614. The van der Waals surface area contributed by atoms with Crippen molar-refractivity contribution in [2.75, 3.05) is 12.4 Å². The van der Waals surface area contributed by atoms with Crippen LogP contribution in [0.1, 0.15) is 19.5 Å². The van der Waals surface area contributed by atoms with Crippen molar-refractivity contribution in [2.45, 2.75) is 26.9 Å². The molecule has 1 aromatic carbocycles. The van der Waals surface area contributed by atoms with Gasteiger partial charge < -0.3 is 10.1 Å². The molecule has 0 saturated heterocycles. The van der Waals surface area contributed by atoms with E-state index in [0.717, 1.165) is 27.3 Å².